The van der Waals surface area contributed by atoms with Gasteiger partial charge in [0.25, 0.3) is 0 Å². The summed E-state index contributed by atoms with van der Waals surface area (Å²) >= 11 is 0. The average Bonchev–Trinajstić information content (AvgIpc) is 3.37. The largest absolute Gasteiger partial charge is 0.459 e. The van der Waals surface area contributed by atoms with E-state index in [0.717, 1.165) is 16.7 Å². The van der Waals surface area contributed by atoms with Crippen LogP contribution in [0.4, 0.5) is 4.79 Å². The van der Waals surface area contributed by atoms with E-state index in [1.165, 1.54) is 4.90 Å². The SMILES string of the molecule is CC[C@H](C)C(C(=O)OCc1ccccc1)N1C(=O)C(N2C(=O)OC[C@@H]2c2ccccc2)C1C=Cc1ccccc1. The Hall–Kier alpha value is -4.39. The molecule has 0 aliphatic carbocycles. The Balaban J connectivity index is 1.47. The van der Waals surface area contributed by atoms with Gasteiger partial charge in [0.2, 0.25) is 5.91 Å². The third kappa shape index (κ3) is 5.50. The van der Waals surface area contributed by atoms with Crippen molar-refractivity contribution in [3.05, 3.63) is 114 Å². The van der Waals surface area contributed by atoms with Gasteiger partial charge in [0, 0.05) is 0 Å². The summed E-state index contributed by atoms with van der Waals surface area (Å²) in [6.07, 6.45) is 3.98. The molecule has 2 aliphatic heterocycles. The fourth-order valence-electron chi connectivity index (χ4n) is 5.42. The number of rotatable bonds is 10. The number of esters is 1. The number of β-lactam (4-membered cyclic amide) rings is 1. The summed E-state index contributed by atoms with van der Waals surface area (Å²) in [4.78, 5) is 43.7. The van der Waals surface area contributed by atoms with Crippen molar-refractivity contribution in [1.29, 1.82) is 0 Å². The molecule has 2 amide bonds. The standard InChI is InChI=1S/C33H34N2O5/c1-3-23(2)29(32(37)39-21-25-15-9-5-10-16-25)34-27(20-19-24-13-7-4-8-14-24)30(31(34)36)35-28(22-40-33(35)38)26-17-11-6-12-18-26/h4-20,23,27-30H,3,21-22H2,1-2H3/t23-,27?,28+,29?,30?/m0/s1. The normalized spacial score (nSPS) is 22.1. The lowest BCUT2D eigenvalue weighted by molar-refractivity contribution is -0.174. The number of hydrogen-bond donors (Lipinski definition) is 0. The summed E-state index contributed by atoms with van der Waals surface area (Å²) in [5.74, 6) is -0.896. The minimum atomic E-state index is -0.798. The first-order valence-corrected chi connectivity index (χ1v) is 13.8. The molecule has 7 heteroatoms. The first-order chi connectivity index (χ1) is 19.5. The molecule has 2 aliphatic rings. The Morgan fingerprint density at radius 3 is 2.25 bits per heavy atom. The van der Waals surface area contributed by atoms with Gasteiger partial charge in [-0.1, -0.05) is 123 Å². The number of nitrogens with zero attached hydrogens (tertiary/aromatic N) is 2. The van der Waals surface area contributed by atoms with E-state index >= 15 is 0 Å². The molecular weight excluding hydrogens is 504 g/mol. The van der Waals surface area contributed by atoms with Crippen molar-refractivity contribution in [1.82, 2.24) is 9.80 Å². The quantitative estimate of drug-likeness (QED) is 0.247. The molecule has 3 aromatic rings. The molecule has 2 saturated heterocycles. The van der Waals surface area contributed by atoms with E-state index in [1.807, 2.05) is 117 Å². The first-order valence-electron chi connectivity index (χ1n) is 13.8. The molecule has 5 atom stereocenters. The van der Waals surface area contributed by atoms with E-state index in [-0.39, 0.29) is 25.0 Å². The minimum absolute atomic E-state index is 0.122. The highest BCUT2D eigenvalue weighted by Crippen LogP contribution is 2.39. The molecule has 0 aromatic heterocycles. The molecule has 2 fully saturated rings. The van der Waals surface area contributed by atoms with Crippen molar-refractivity contribution in [3.63, 3.8) is 0 Å². The zero-order valence-electron chi connectivity index (χ0n) is 22.8. The maximum Gasteiger partial charge on any atom is 0.411 e. The van der Waals surface area contributed by atoms with Crippen LogP contribution in [0.2, 0.25) is 0 Å². The lowest BCUT2D eigenvalue weighted by Crippen LogP contribution is -2.74. The summed E-state index contributed by atoms with van der Waals surface area (Å²) in [6, 6.07) is 26.3. The molecule has 0 spiro atoms. The topological polar surface area (TPSA) is 76.2 Å². The van der Waals surface area contributed by atoms with Crippen LogP contribution >= 0.6 is 0 Å². The Morgan fingerprint density at radius 1 is 0.975 bits per heavy atom. The van der Waals surface area contributed by atoms with Gasteiger partial charge in [-0.05, 0) is 22.6 Å². The molecule has 0 saturated carbocycles. The minimum Gasteiger partial charge on any atom is -0.459 e. The van der Waals surface area contributed by atoms with E-state index in [0.29, 0.717) is 6.42 Å². The zero-order chi connectivity index (χ0) is 28.1. The highest BCUT2D eigenvalue weighted by Gasteiger charge is 2.58. The summed E-state index contributed by atoms with van der Waals surface area (Å²) in [5, 5.41) is 0. The third-order valence-electron chi connectivity index (χ3n) is 7.78. The van der Waals surface area contributed by atoms with E-state index < -0.39 is 36.2 Å². The predicted octanol–water partition coefficient (Wildman–Crippen LogP) is 5.63. The van der Waals surface area contributed by atoms with Crippen molar-refractivity contribution >= 4 is 24.0 Å². The van der Waals surface area contributed by atoms with Crippen LogP contribution in [0.3, 0.4) is 0 Å². The van der Waals surface area contributed by atoms with Gasteiger partial charge < -0.3 is 14.4 Å². The second kappa shape index (κ2) is 12.2. The number of ether oxygens (including phenoxy) is 2. The van der Waals surface area contributed by atoms with Crippen LogP contribution < -0.4 is 0 Å². The van der Waals surface area contributed by atoms with Crippen molar-refractivity contribution in [2.45, 2.75) is 51.0 Å². The van der Waals surface area contributed by atoms with Gasteiger partial charge in [0.05, 0.1) is 12.1 Å². The van der Waals surface area contributed by atoms with E-state index in [2.05, 4.69) is 0 Å². The van der Waals surface area contributed by atoms with Gasteiger partial charge in [-0.3, -0.25) is 9.69 Å². The Kier molecular flexibility index (Phi) is 8.29. The summed E-state index contributed by atoms with van der Waals surface area (Å²) in [5.41, 5.74) is 2.72. The molecule has 40 heavy (non-hydrogen) atoms. The fraction of sp³-hybridized carbons (Fsp3) is 0.303. The van der Waals surface area contributed by atoms with Crippen LogP contribution in [0.25, 0.3) is 6.08 Å². The second-order valence-corrected chi connectivity index (χ2v) is 10.3. The number of likely N-dealkylation sites (tertiary alicyclic amines) is 1. The number of benzene rings is 3. The fourth-order valence-corrected chi connectivity index (χ4v) is 5.42. The smallest absolute Gasteiger partial charge is 0.411 e. The average molecular weight is 539 g/mol. The van der Waals surface area contributed by atoms with Gasteiger partial charge in [-0.15, -0.1) is 0 Å². The molecule has 3 unspecified atom stereocenters. The highest BCUT2D eigenvalue weighted by molar-refractivity contribution is 5.97. The van der Waals surface area contributed by atoms with Gasteiger partial charge in [-0.25, -0.2) is 9.59 Å². The summed E-state index contributed by atoms with van der Waals surface area (Å²) < 4.78 is 11.2. The van der Waals surface area contributed by atoms with Gasteiger partial charge in [0.1, 0.15) is 25.3 Å². The van der Waals surface area contributed by atoms with Crippen molar-refractivity contribution < 1.29 is 23.9 Å². The number of carbonyl (C=O) groups excluding carboxylic acids is 3. The Labute approximate surface area is 235 Å². The highest BCUT2D eigenvalue weighted by atomic mass is 16.6. The van der Waals surface area contributed by atoms with Crippen LogP contribution in [-0.2, 0) is 25.7 Å². The zero-order valence-corrected chi connectivity index (χ0v) is 22.8. The maximum absolute atomic E-state index is 14.0. The Morgan fingerprint density at radius 2 is 1.60 bits per heavy atom. The number of amides is 2. The molecule has 0 radical (unpaired) electrons. The van der Waals surface area contributed by atoms with Crippen molar-refractivity contribution in [2.24, 2.45) is 5.92 Å². The molecular formula is C33H34N2O5. The summed E-state index contributed by atoms with van der Waals surface area (Å²) in [7, 11) is 0. The number of carbonyl (C=O) groups is 3. The van der Waals surface area contributed by atoms with Crippen LogP contribution in [-0.4, -0.2) is 52.5 Å². The third-order valence-corrected chi connectivity index (χ3v) is 7.78. The molecule has 0 N–H and O–H groups in total. The summed E-state index contributed by atoms with van der Waals surface area (Å²) in [6.45, 7) is 4.22. The lowest BCUT2D eigenvalue weighted by Gasteiger charge is -2.53. The molecule has 7 nitrogen and oxygen atoms in total. The second-order valence-electron chi connectivity index (χ2n) is 10.3. The molecule has 3 aromatic carbocycles. The van der Waals surface area contributed by atoms with Gasteiger partial charge in [0.15, 0.2) is 0 Å². The molecule has 0 bridgehead atoms. The number of hydrogen-bond acceptors (Lipinski definition) is 5. The van der Waals surface area contributed by atoms with Gasteiger partial charge >= 0.3 is 12.1 Å². The van der Waals surface area contributed by atoms with Crippen LogP contribution in [0.1, 0.15) is 43.0 Å². The monoisotopic (exact) mass is 538 g/mol. The Bertz CT molecular complexity index is 1350. The number of cyclic esters (lactones) is 1. The van der Waals surface area contributed by atoms with Crippen LogP contribution in [0.15, 0.2) is 97.1 Å². The van der Waals surface area contributed by atoms with Crippen molar-refractivity contribution in [2.75, 3.05) is 6.61 Å². The van der Waals surface area contributed by atoms with Gasteiger partial charge in [-0.2, -0.15) is 0 Å². The maximum atomic E-state index is 14.0. The van der Waals surface area contributed by atoms with Crippen molar-refractivity contribution in [3.8, 4) is 0 Å². The van der Waals surface area contributed by atoms with E-state index in [1.54, 1.807) is 4.90 Å². The molecule has 5 rings (SSSR count). The van der Waals surface area contributed by atoms with Crippen LogP contribution in [0.5, 0.6) is 0 Å². The van der Waals surface area contributed by atoms with Crippen LogP contribution in [0, 0.1) is 5.92 Å². The van der Waals surface area contributed by atoms with E-state index in [4.69, 9.17) is 9.47 Å². The molecule has 2 heterocycles. The van der Waals surface area contributed by atoms with E-state index in [9.17, 15) is 14.4 Å². The lowest BCUT2D eigenvalue weighted by atomic mass is 9.85. The predicted molar refractivity (Wildman–Crippen MR) is 152 cm³/mol. The first kappa shape index (κ1) is 27.2. The molecule has 206 valence electrons.